The maximum atomic E-state index is 4.72. The summed E-state index contributed by atoms with van der Waals surface area (Å²) < 4.78 is 0. The number of fused-ring (bicyclic) bond motifs is 5. The molecule has 5 aliphatic heterocycles. The minimum atomic E-state index is 0. The van der Waals surface area contributed by atoms with Crippen molar-refractivity contribution in [1.82, 2.24) is 24.9 Å². The zero-order valence-electron chi connectivity index (χ0n) is 81.8. The van der Waals surface area contributed by atoms with Gasteiger partial charge in [0.15, 0.2) is 0 Å². The summed E-state index contributed by atoms with van der Waals surface area (Å²) in [6, 6.07) is 169. The van der Waals surface area contributed by atoms with Gasteiger partial charge in [0.05, 0.1) is 17.1 Å². The number of anilines is 20. The van der Waals surface area contributed by atoms with E-state index in [1.165, 1.54) is 55.6 Å². The molecule has 0 unspecified atom stereocenters. The Morgan fingerprint density at radius 1 is 0.176 bits per heavy atom. The van der Waals surface area contributed by atoms with Gasteiger partial charge in [0.25, 0.3) is 0 Å². The molecule has 0 aliphatic carbocycles. The molecule has 0 atom stereocenters. The number of benzene rings is 16. The van der Waals surface area contributed by atoms with E-state index >= 15 is 0 Å². The van der Waals surface area contributed by atoms with Crippen molar-refractivity contribution >= 4 is 114 Å². The van der Waals surface area contributed by atoms with Crippen LogP contribution in [0.3, 0.4) is 0 Å². The second-order valence-electron chi connectivity index (χ2n) is 36.6. The summed E-state index contributed by atoms with van der Waals surface area (Å²) in [5.74, 6) is 4.34. The molecule has 0 N–H and O–H groups in total. The van der Waals surface area contributed by atoms with Crippen LogP contribution >= 0.6 is 0 Å². The third kappa shape index (κ3) is 23.0. The molecule has 0 amide bonds. The standard InChI is InChI=1S/2C28H25N3.C25H18N2.C24H17N3.C23H16N4.5Ir/c1-28(2,3)22-15-17-23(18-16-22)30-20-31(26-14-9-19-29-27(26)30)25-13-8-7-12-24(25)21-10-5-4-6-11-21;1-28(2,3)22-15-17-23(18-16-22)30-20-31(27-26(30)14-9-19-29-27)25-13-8-7-12-24(25)21-10-5-4-6-11-21;1-3-11-20(12-4-1)22-15-7-8-16-23(22)27-19-26(21-13-5-2-6-14-21)24-17-9-10-18-25(24)27;1-3-10-19(11-4-1)21-14-7-8-15-22(21)27-18-26(20-12-5-2-6-13-20)23-16-9-17-25-24(23)27;1-3-9-18(10-4-1)20-13-7-8-14-21(20)27-17-26(19-11-5-2-6-12-19)22-23(27)25-16-15-24-22;;;;;/h2*4-17,19-20H,1-3H3;1-13,15-19H;1-12,14-18H;1-11,13-17H;;;;;/q5*-2;;;;;. The summed E-state index contributed by atoms with van der Waals surface area (Å²) in [5, 5.41) is 0. The van der Waals surface area contributed by atoms with Gasteiger partial charge in [-0.1, -0.05) is 307 Å². The molecule has 0 spiro atoms. The van der Waals surface area contributed by atoms with Gasteiger partial charge in [0.2, 0.25) is 0 Å². The van der Waals surface area contributed by atoms with Crippen molar-refractivity contribution in [2.75, 3.05) is 49.0 Å². The second-order valence-corrected chi connectivity index (χ2v) is 36.6. The molecule has 20 aromatic rings. The first-order valence-corrected chi connectivity index (χ1v) is 47.9. The summed E-state index contributed by atoms with van der Waals surface area (Å²) in [6.45, 7) is 23.8. The van der Waals surface area contributed by atoms with Gasteiger partial charge in [-0.05, 0) is 107 Å². The predicted octanol–water partition coefficient (Wildman–Crippen LogP) is 32.4. The van der Waals surface area contributed by atoms with Crippen molar-refractivity contribution in [1.29, 1.82) is 0 Å². The summed E-state index contributed by atoms with van der Waals surface area (Å²) >= 11 is 0. The molecule has 0 fully saturated rings. The van der Waals surface area contributed by atoms with Crippen LogP contribution in [0.2, 0.25) is 0 Å². The molecule has 15 nitrogen and oxygen atoms in total. The Hall–Kier alpha value is -14.7. The molecule has 743 valence electrons. The first-order valence-electron chi connectivity index (χ1n) is 47.9. The van der Waals surface area contributed by atoms with E-state index in [1.54, 1.807) is 12.4 Å². The van der Waals surface area contributed by atoms with Crippen LogP contribution in [0.25, 0.3) is 55.6 Å². The molecule has 25 rings (SSSR count). The van der Waals surface area contributed by atoms with Gasteiger partial charge in [-0.25, -0.2) is 24.9 Å². The minimum absolute atomic E-state index is 0. The Bertz CT molecular complexity index is 7110. The minimum Gasteiger partial charge on any atom is -0.493 e. The van der Waals surface area contributed by atoms with Crippen molar-refractivity contribution in [2.24, 2.45) is 0 Å². The van der Waals surface area contributed by atoms with Crippen LogP contribution in [0.1, 0.15) is 52.7 Å². The molecule has 5 aliphatic rings. The molecule has 16 aromatic carbocycles. The van der Waals surface area contributed by atoms with Crippen LogP contribution < -0.4 is 49.0 Å². The third-order valence-corrected chi connectivity index (χ3v) is 25.4. The van der Waals surface area contributed by atoms with E-state index in [4.69, 9.17) is 9.97 Å². The summed E-state index contributed by atoms with van der Waals surface area (Å²) in [5.41, 5.74) is 30.5. The van der Waals surface area contributed by atoms with Gasteiger partial charge >= 0.3 is 0 Å². The van der Waals surface area contributed by atoms with Gasteiger partial charge in [-0.2, -0.15) is 139 Å². The third-order valence-electron chi connectivity index (χ3n) is 25.4. The van der Waals surface area contributed by atoms with E-state index in [0.29, 0.717) is 0 Å². The first kappa shape index (κ1) is 106. The Labute approximate surface area is 936 Å². The summed E-state index contributed by atoms with van der Waals surface area (Å²) in [4.78, 5) is 44.8. The van der Waals surface area contributed by atoms with Gasteiger partial charge in [0, 0.05) is 199 Å². The van der Waals surface area contributed by atoms with Crippen molar-refractivity contribution in [3.05, 3.63) is 549 Å². The van der Waals surface area contributed by atoms with E-state index in [1.807, 2.05) is 139 Å². The van der Waals surface area contributed by atoms with Gasteiger partial charge in [-0.15, -0.1) is 73.9 Å². The molecule has 4 aromatic heterocycles. The number of rotatable bonds is 15. The quantitative estimate of drug-likeness (QED) is 0.0911. The number of nitrogens with zero attached hydrogens (tertiary/aromatic N) is 15. The molecule has 20 heteroatoms. The van der Waals surface area contributed by atoms with E-state index in [2.05, 4.69) is 491 Å². The predicted molar refractivity (Wildman–Crippen MR) is 587 cm³/mol. The molecule has 0 bridgehead atoms. The Balaban J connectivity index is 0.000000131. The van der Waals surface area contributed by atoms with Crippen LogP contribution in [-0.2, 0) is 111 Å². The van der Waals surface area contributed by atoms with Crippen molar-refractivity contribution in [3.63, 3.8) is 0 Å². The Morgan fingerprint density at radius 2 is 0.392 bits per heavy atom. The van der Waals surface area contributed by atoms with Crippen molar-refractivity contribution < 1.29 is 101 Å². The average molecular weight is 2810 g/mol. The summed E-state index contributed by atoms with van der Waals surface area (Å²) in [7, 11) is 0. The topological polar surface area (TPSA) is 96.8 Å². The fraction of sp³-hybridized carbons (Fsp3) is 0.0625. The molecule has 0 saturated carbocycles. The van der Waals surface area contributed by atoms with E-state index < -0.39 is 0 Å². The largest absolute Gasteiger partial charge is 0.493 e. The van der Waals surface area contributed by atoms with Crippen molar-refractivity contribution in [3.8, 4) is 55.6 Å². The fourth-order valence-electron chi connectivity index (χ4n) is 18.2. The number of pyridine rings is 3. The van der Waals surface area contributed by atoms with Gasteiger partial charge < -0.3 is 49.0 Å². The van der Waals surface area contributed by atoms with Gasteiger partial charge in [-0.3, -0.25) is 0 Å². The monoisotopic (exact) mass is 2810 g/mol. The fourth-order valence-corrected chi connectivity index (χ4v) is 18.2. The van der Waals surface area contributed by atoms with Crippen LogP contribution in [0, 0.1) is 63.7 Å². The molecular weight excluding hydrogens is 2710 g/mol. The maximum absolute atomic E-state index is 4.72. The zero-order valence-corrected chi connectivity index (χ0v) is 93.8. The van der Waals surface area contributed by atoms with Crippen molar-refractivity contribution in [2.45, 2.75) is 52.4 Å². The number of para-hydroxylation sites is 10. The molecule has 5 radical (unpaired) electrons. The molecular formula is C128H101Ir5N15-10. The van der Waals surface area contributed by atoms with Crippen LogP contribution in [0.5, 0.6) is 0 Å². The normalized spacial score (nSPS) is 12.7. The number of aromatic nitrogens is 5. The van der Waals surface area contributed by atoms with Crippen LogP contribution in [0.15, 0.2) is 474 Å². The molecule has 9 heterocycles. The van der Waals surface area contributed by atoms with Crippen LogP contribution in [0.4, 0.5) is 114 Å². The Morgan fingerprint density at radius 3 is 0.716 bits per heavy atom. The van der Waals surface area contributed by atoms with E-state index in [9.17, 15) is 0 Å². The number of hydrogen-bond donors (Lipinski definition) is 0. The smallest absolute Gasteiger partial charge is 0.145 e. The number of hydrogen-bond acceptors (Lipinski definition) is 15. The maximum Gasteiger partial charge on any atom is 0.145 e. The first-order chi connectivity index (χ1) is 70.3. The molecule has 148 heavy (non-hydrogen) atoms. The molecule has 0 saturated heterocycles. The van der Waals surface area contributed by atoms with Crippen LogP contribution in [-0.4, -0.2) is 24.9 Å². The SMILES string of the molecule is CC(C)(C)c1c[c-]c(N2[CH-]N(c3ccccc3-c3ccccc3)c3cccnc32)cc1.CC(C)(C)c1c[c-]c(N2[CH-]N(c3ccccc3-c3ccccc3)c3ncccc32)cc1.[Ir].[Ir].[Ir].[Ir].[Ir].[c-]1ccccc1N1[CH-]N(c2ccccc2-c2ccccc2)c2ccccc21.[c-]1ccccc1N1[CH-]N(c2ccccc2-c2ccccc2)c2ncccc21.[c-]1ccccc1N1[CH-]N(c2ccccc2-c2ccccc2)c2nccnc21. The second kappa shape index (κ2) is 48.7. The van der Waals surface area contributed by atoms with E-state index in [-0.39, 0.29) is 111 Å². The average Bonchev–Trinajstić information content (AvgIpc) is 1.62. The zero-order chi connectivity index (χ0) is 97.0. The Kier molecular flexibility index (Phi) is 34.9. The van der Waals surface area contributed by atoms with E-state index in [0.717, 1.165) is 126 Å². The summed E-state index contributed by atoms with van der Waals surface area (Å²) in [6.07, 6.45) is 8.97. The van der Waals surface area contributed by atoms with Gasteiger partial charge in [0.1, 0.15) is 29.1 Å².